The van der Waals surface area contributed by atoms with Crippen LogP contribution in [0.1, 0.15) is 20.3 Å². The number of carbonyl (C=O) groups excluding carboxylic acids is 1. The third-order valence-electron chi connectivity index (χ3n) is 2.10. The lowest BCUT2D eigenvalue weighted by molar-refractivity contribution is 0.233. The summed E-state index contributed by atoms with van der Waals surface area (Å²) < 4.78 is 0. The Morgan fingerprint density at radius 3 is 3.00 bits per heavy atom. The summed E-state index contributed by atoms with van der Waals surface area (Å²) in [7, 11) is 0. The Kier molecular flexibility index (Phi) is 2.81. The van der Waals surface area contributed by atoms with Crippen LogP contribution < -0.4 is 0 Å². The summed E-state index contributed by atoms with van der Waals surface area (Å²) in [5.41, 5.74) is 0.274. The molecule has 13 heavy (non-hydrogen) atoms. The maximum Gasteiger partial charge on any atom is 0.235 e. The average molecular weight is 179 g/mol. The lowest BCUT2D eigenvalue weighted by atomic mass is 9.89. The third-order valence-corrected chi connectivity index (χ3v) is 2.10. The van der Waals surface area contributed by atoms with Crippen LogP contribution in [0.15, 0.2) is 28.8 Å². The first kappa shape index (κ1) is 9.90. The Balaban J connectivity index is 2.95. The zero-order valence-electron chi connectivity index (χ0n) is 7.82. The number of isocyanates is 1. The minimum atomic E-state index is -0.525. The van der Waals surface area contributed by atoms with Crippen molar-refractivity contribution >= 4 is 6.08 Å². The SMILES string of the molecule is CC(O)C1=CC(C)(N=C=O)CC=C1. The van der Waals surface area contributed by atoms with E-state index in [0.29, 0.717) is 6.42 Å². The molecule has 0 bridgehead atoms. The first-order chi connectivity index (χ1) is 6.07. The van der Waals surface area contributed by atoms with E-state index >= 15 is 0 Å². The Morgan fingerprint density at radius 2 is 2.46 bits per heavy atom. The van der Waals surface area contributed by atoms with E-state index in [-0.39, 0.29) is 0 Å². The molecule has 70 valence electrons. The van der Waals surface area contributed by atoms with Gasteiger partial charge in [0, 0.05) is 0 Å². The Morgan fingerprint density at radius 1 is 1.77 bits per heavy atom. The van der Waals surface area contributed by atoms with E-state index in [1.54, 1.807) is 13.0 Å². The number of nitrogens with zero attached hydrogens (tertiary/aromatic N) is 1. The van der Waals surface area contributed by atoms with Crippen molar-refractivity contribution in [2.45, 2.75) is 31.9 Å². The molecule has 0 aromatic heterocycles. The molecule has 1 rings (SSSR count). The number of rotatable bonds is 2. The summed E-state index contributed by atoms with van der Waals surface area (Å²) in [6.45, 7) is 3.52. The molecular weight excluding hydrogens is 166 g/mol. The lowest BCUT2D eigenvalue weighted by Crippen LogP contribution is -2.22. The molecule has 3 heteroatoms. The lowest BCUT2D eigenvalue weighted by Gasteiger charge is -2.23. The van der Waals surface area contributed by atoms with Crippen LogP contribution in [0.25, 0.3) is 0 Å². The Bertz CT molecular complexity index is 298. The Labute approximate surface area is 77.5 Å². The molecule has 0 amide bonds. The number of hydrogen-bond acceptors (Lipinski definition) is 3. The summed E-state index contributed by atoms with van der Waals surface area (Å²) in [6, 6.07) is 0. The van der Waals surface area contributed by atoms with Crippen molar-refractivity contribution in [2.24, 2.45) is 4.99 Å². The molecule has 0 spiro atoms. The predicted octanol–water partition coefficient (Wildman–Crippen LogP) is 1.35. The van der Waals surface area contributed by atoms with E-state index in [4.69, 9.17) is 0 Å². The highest BCUT2D eigenvalue weighted by Gasteiger charge is 2.23. The van der Waals surface area contributed by atoms with Gasteiger partial charge in [0.15, 0.2) is 0 Å². The van der Waals surface area contributed by atoms with Crippen LogP contribution in [0.5, 0.6) is 0 Å². The second-order valence-electron chi connectivity index (χ2n) is 3.49. The van der Waals surface area contributed by atoms with Crippen molar-refractivity contribution in [1.29, 1.82) is 0 Å². The molecule has 1 aliphatic rings. The molecule has 0 saturated heterocycles. The standard InChI is InChI=1S/C10H13NO2/c1-8(13)9-4-3-5-10(2,6-9)11-7-12/h3-4,6,8,13H,5H2,1-2H3. The summed E-state index contributed by atoms with van der Waals surface area (Å²) in [5, 5.41) is 9.32. The van der Waals surface area contributed by atoms with E-state index in [0.717, 1.165) is 5.57 Å². The van der Waals surface area contributed by atoms with Gasteiger partial charge in [0.1, 0.15) is 0 Å². The van der Waals surface area contributed by atoms with Gasteiger partial charge in [-0.05, 0) is 25.8 Å². The number of aliphatic imine (C=N–C) groups is 1. The van der Waals surface area contributed by atoms with Crippen molar-refractivity contribution in [3.8, 4) is 0 Å². The predicted molar refractivity (Wildman–Crippen MR) is 50.0 cm³/mol. The van der Waals surface area contributed by atoms with E-state index in [2.05, 4.69) is 4.99 Å². The summed E-state index contributed by atoms with van der Waals surface area (Å²) in [5.74, 6) is 0. The van der Waals surface area contributed by atoms with E-state index in [9.17, 15) is 9.90 Å². The second kappa shape index (κ2) is 3.69. The van der Waals surface area contributed by atoms with Crippen molar-refractivity contribution in [2.75, 3.05) is 0 Å². The molecule has 0 radical (unpaired) electrons. The molecule has 0 aromatic rings. The maximum atomic E-state index is 10.1. The van der Waals surface area contributed by atoms with Crippen LogP contribution in [0.4, 0.5) is 0 Å². The normalized spacial score (nSPS) is 29.0. The molecule has 0 fully saturated rings. The molecule has 0 aromatic carbocycles. The molecule has 0 saturated carbocycles. The molecule has 1 N–H and O–H groups in total. The van der Waals surface area contributed by atoms with Gasteiger partial charge in [0.2, 0.25) is 6.08 Å². The second-order valence-corrected chi connectivity index (χ2v) is 3.49. The van der Waals surface area contributed by atoms with Gasteiger partial charge in [-0.3, -0.25) is 0 Å². The van der Waals surface area contributed by atoms with Crippen LogP contribution in [-0.2, 0) is 4.79 Å². The van der Waals surface area contributed by atoms with Gasteiger partial charge in [-0.25, -0.2) is 4.79 Å². The minimum Gasteiger partial charge on any atom is -0.389 e. The van der Waals surface area contributed by atoms with Crippen LogP contribution in [0, 0.1) is 0 Å². The highest BCUT2D eigenvalue weighted by atomic mass is 16.3. The zero-order valence-corrected chi connectivity index (χ0v) is 7.82. The van der Waals surface area contributed by atoms with E-state index in [1.165, 1.54) is 0 Å². The Hall–Kier alpha value is -1.18. The van der Waals surface area contributed by atoms with Crippen molar-refractivity contribution < 1.29 is 9.90 Å². The average Bonchev–Trinajstić information content (AvgIpc) is 2.04. The van der Waals surface area contributed by atoms with Crippen LogP contribution >= 0.6 is 0 Å². The van der Waals surface area contributed by atoms with Gasteiger partial charge in [-0.2, -0.15) is 4.99 Å². The van der Waals surface area contributed by atoms with Gasteiger partial charge in [0.05, 0.1) is 11.6 Å². The molecule has 0 aliphatic heterocycles. The number of aliphatic hydroxyl groups is 1. The first-order valence-corrected chi connectivity index (χ1v) is 4.24. The molecule has 1 aliphatic carbocycles. The van der Waals surface area contributed by atoms with Crippen LogP contribution in [0.2, 0.25) is 0 Å². The third kappa shape index (κ3) is 2.38. The highest BCUT2D eigenvalue weighted by molar-refractivity contribution is 5.40. The fourth-order valence-corrected chi connectivity index (χ4v) is 1.34. The van der Waals surface area contributed by atoms with Gasteiger partial charge < -0.3 is 5.11 Å². The van der Waals surface area contributed by atoms with Gasteiger partial charge in [-0.1, -0.05) is 18.2 Å². The summed E-state index contributed by atoms with van der Waals surface area (Å²) in [4.78, 5) is 13.9. The van der Waals surface area contributed by atoms with Gasteiger partial charge >= 0.3 is 0 Å². The van der Waals surface area contributed by atoms with Gasteiger partial charge in [-0.15, -0.1) is 0 Å². The highest BCUT2D eigenvalue weighted by Crippen LogP contribution is 2.25. The van der Waals surface area contributed by atoms with Crippen LogP contribution in [0.3, 0.4) is 0 Å². The van der Waals surface area contributed by atoms with Crippen molar-refractivity contribution in [3.05, 3.63) is 23.8 Å². The largest absolute Gasteiger partial charge is 0.389 e. The smallest absolute Gasteiger partial charge is 0.235 e. The molecule has 2 unspecified atom stereocenters. The number of hydrogen-bond donors (Lipinski definition) is 1. The maximum absolute atomic E-state index is 10.1. The molecule has 3 nitrogen and oxygen atoms in total. The molecular formula is C10H13NO2. The van der Waals surface area contributed by atoms with E-state index < -0.39 is 11.6 Å². The topological polar surface area (TPSA) is 49.7 Å². The summed E-state index contributed by atoms with van der Waals surface area (Å²) in [6.07, 6.45) is 7.28. The fraction of sp³-hybridized carbons (Fsp3) is 0.500. The first-order valence-electron chi connectivity index (χ1n) is 4.24. The van der Waals surface area contributed by atoms with Gasteiger partial charge in [0.25, 0.3) is 0 Å². The quantitative estimate of drug-likeness (QED) is 0.513. The minimum absolute atomic E-state index is 0.516. The zero-order chi connectivity index (χ0) is 9.90. The van der Waals surface area contributed by atoms with E-state index in [1.807, 2.05) is 25.2 Å². The van der Waals surface area contributed by atoms with Crippen LogP contribution in [-0.4, -0.2) is 22.8 Å². The summed E-state index contributed by atoms with van der Waals surface area (Å²) >= 11 is 0. The van der Waals surface area contributed by atoms with Crippen molar-refractivity contribution in [1.82, 2.24) is 0 Å². The molecule has 2 atom stereocenters. The monoisotopic (exact) mass is 179 g/mol. The molecule has 0 heterocycles. The fourth-order valence-electron chi connectivity index (χ4n) is 1.34. The number of aliphatic hydroxyl groups excluding tert-OH is 1. The van der Waals surface area contributed by atoms with Crippen molar-refractivity contribution in [3.63, 3.8) is 0 Å².